The molecule has 1 nitrogen and oxygen atoms in total. The molecule has 0 bridgehead atoms. The Hall–Kier alpha value is -0.300. The fourth-order valence-electron chi connectivity index (χ4n) is 9.52. The number of hydrogen-bond acceptors (Lipinski definition) is 1. The Morgan fingerprint density at radius 1 is 1.00 bits per heavy atom. The van der Waals surface area contributed by atoms with E-state index in [1.807, 2.05) is 0 Å². The first-order chi connectivity index (χ1) is 14.2. The molecule has 0 aliphatic heterocycles. The molecule has 4 saturated carbocycles. The average Bonchev–Trinajstić information content (AvgIpc) is 3.05. The first kappa shape index (κ1) is 22.9. The summed E-state index contributed by atoms with van der Waals surface area (Å²) >= 11 is 0. The zero-order valence-corrected chi connectivity index (χ0v) is 20.8. The fourth-order valence-corrected chi connectivity index (χ4v) is 9.52. The van der Waals surface area contributed by atoms with Crippen LogP contribution < -0.4 is 0 Å². The number of allylic oxidation sites excluding steroid dienone is 1. The van der Waals surface area contributed by atoms with Crippen molar-refractivity contribution in [1.29, 1.82) is 0 Å². The van der Waals surface area contributed by atoms with Gasteiger partial charge in [-0.05, 0) is 116 Å². The topological polar surface area (TPSA) is 20.2 Å². The first-order valence-corrected chi connectivity index (χ1v) is 13.6. The molecule has 4 rings (SSSR count). The van der Waals surface area contributed by atoms with Crippen LogP contribution in [-0.4, -0.2) is 11.2 Å². The Kier molecular flexibility index (Phi) is 6.53. The van der Waals surface area contributed by atoms with Crippen molar-refractivity contribution in [3.8, 4) is 0 Å². The van der Waals surface area contributed by atoms with E-state index in [-0.39, 0.29) is 6.10 Å². The Morgan fingerprint density at radius 3 is 2.43 bits per heavy atom. The van der Waals surface area contributed by atoms with Gasteiger partial charge in [-0.1, -0.05) is 59.6 Å². The van der Waals surface area contributed by atoms with E-state index in [1.54, 1.807) is 0 Å². The summed E-state index contributed by atoms with van der Waals surface area (Å²) in [6.07, 6.45) is 15.8. The number of aliphatic hydroxyl groups is 1. The minimum atomic E-state index is -0.0404. The average molecular weight is 415 g/mol. The van der Waals surface area contributed by atoms with E-state index in [1.165, 1.54) is 76.2 Å². The minimum Gasteiger partial charge on any atom is -0.393 e. The van der Waals surface area contributed by atoms with E-state index >= 15 is 0 Å². The summed E-state index contributed by atoms with van der Waals surface area (Å²) in [7, 11) is 0. The minimum absolute atomic E-state index is 0.0404. The fraction of sp³-hybridized carbons (Fsp3) is 0.931. The lowest BCUT2D eigenvalue weighted by atomic mass is 9.43. The van der Waals surface area contributed by atoms with Crippen LogP contribution in [0.4, 0.5) is 0 Å². The molecular weight excluding hydrogens is 364 g/mol. The second-order valence-corrected chi connectivity index (χ2v) is 12.9. The molecule has 0 aromatic rings. The molecule has 4 aliphatic rings. The maximum atomic E-state index is 11.5. The standard InChI is InChI=1S/C29H50O/c1-7-8-19(2)9-10-21(4)23-11-12-24-27-25(14-16-29(23,24)6)28(5)15-13-20(3)17-22(28)18-26(27)30/h20-27,30H,2,7-18H2,1,3-6H3. The molecule has 172 valence electrons. The van der Waals surface area contributed by atoms with Crippen LogP contribution in [-0.2, 0) is 0 Å². The van der Waals surface area contributed by atoms with Gasteiger partial charge in [-0.2, -0.15) is 0 Å². The van der Waals surface area contributed by atoms with Gasteiger partial charge in [0.25, 0.3) is 0 Å². The summed E-state index contributed by atoms with van der Waals surface area (Å²) < 4.78 is 0. The van der Waals surface area contributed by atoms with E-state index < -0.39 is 0 Å². The van der Waals surface area contributed by atoms with E-state index in [2.05, 4.69) is 41.2 Å². The molecule has 10 unspecified atom stereocenters. The summed E-state index contributed by atoms with van der Waals surface area (Å²) in [5.74, 6) is 5.38. The van der Waals surface area contributed by atoms with Gasteiger partial charge in [0.2, 0.25) is 0 Å². The van der Waals surface area contributed by atoms with E-state index in [0.717, 1.165) is 41.9 Å². The summed E-state index contributed by atoms with van der Waals surface area (Å²) in [5, 5.41) is 11.5. The highest BCUT2D eigenvalue weighted by atomic mass is 16.3. The SMILES string of the molecule is C=C(CCC)CCC(C)C1CCC2C3C(O)CC4CC(C)CCC4(C)C3CCC12C. The highest BCUT2D eigenvalue weighted by Gasteiger charge is 2.62. The van der Waals surface area contributed by atoms with Crippen molar-refractivity contribution in [3.63, 3.8) is 0 Å². The van der Waals surface area contributed by atoms with Crippen molar-refractivity contribution >= 4 is 0 Å². The van der Waals surface area contributed by atoms with Gasteiger partial charge in [0.1, 0.15) is 0 Å². The molecule has 0 heterocycles. The third kappa shape index (κ3) is 3.74. The van der Waals surface area contributed by atoms with Gasteiger partial charge in [-0.3, -0.25) is 0 Å². The molecule has 1 N–H and O–H groups in total. The van der Waals surface area contributed by atoms with Gasteiger partial charge in [0.05, 0.1) is 6.10 Å². The summed E-state index contributed by atoms with van der Waals surface area (Å²) in [6.45, 7) is 16.8. The van der Waals surface area contributed by atoms with Crippen molar-refractivity contribution in [2.24, 2.45) is 52.3 Å². The lowest BCUT2D eigenvalue weighted by Gasteiger charge is -2.62. The molecular formula is C29H50O. The number of fused-ring (bicyclic) bond motifs is 5. The van der Waals surface area contributed by atoms with Crippen LogP contribution >= 0.6 is 0 Å². The molecule has 0 aromatic heterocycles. The molecule has 0 spiro atoms. The number of hydrogen-bond donors (Lipinski definition) is 1. The van der Waals surface area contributed by atoms with Gasteiger partial charge < -0.3 is 5.11 Å². The molecule has 0 saturated heterocycles. The molecule has 0 radical (unpaired) electrons. The van der Waals surface area contributed by atoms with Gasteiger partial charge in [0.15, 0.2) is 0 Å². The van der Waals surface area contributed by atoms with Crippen LogP contribution in [0.25, 0.3) is 0 Å². The first-order valence-electron chi connectivity index (χ1n) is 13.6. The van der Waals surface area contributed by atoms with Crippen LogP contribution in [0.3, 0.4) is 0 Å². The molecule has 4 fully saturated rings. The highest BCUT2D eigenvalue weighted by Crippen LogP contribution is 2.68. The maximum Gasteiger partial charge on any atom is 0.0577 e. The van der Waals surface area contributed by atoms with Crippen LogP contribution in [0.2, 0.25) is 0 Å². The zero-order valence-electron chi connectivity index (χ0n) is 20.8. The Bertz CT molecular complexity index is 624. The van der Waals surface area contributed by atoms with Crippen molar-refractivity contribution in [2.45, 2.75) is 118 Å². The van der Waals surface area contributed by atoms with Gasteiger partial charge in [-0.15, -0.1) is 0 Å². The van der Waals surface area contributed by atoms with Crippen molar-refractivity contribution < 1.29 is 5.11 Å². The molecule has 1 heteroatoms. The lowest BCUT2D eigenvalue weighted by Crippen LogP contribution is -2.58. The zero-order chi connectivity index (χ0) is 21.7. The monoisotopic (exact) mass is 414 g/mol. The van der Waals surface area contributed by atoms with Crippen molar-refractivity contribution in [2.75, 3.05) is 0 Å². The molecule has 0 amide bonds. The summed E-state index contributed by atoms with van der Waals surface area (Å²) in [4.78, 5) is 0. The van der Waals surface area contributed by atoms with Crippen LogP contribution in [0.5, 0.6) is 0 Å². The van der Waals surface area contributed by atoms with E-state index in [9.17, 15) is 5.11 Å². The summed E-state index contributed by atoms with van der Waals surface area (Å²) in [6, 6.07) is 0. The second kappa shape index (κ2) is 8.57. The van der Waals surface area contributed by atoms with Crippen molar-refractivity contribution in [1.82, 2.24) is 0 Å². The highest BCUT2D eigenvalue weighted by molar-refractivity contribution is 5.11. The lowest BCUT2D eigenvalue weighted by molar-refractivity contribution is -0.168. The molecule has 10 atom stereocenters. The van der Waals surface area contributed by atoms with Gasteiger partial charge >= 0.3 is 0 Å². The van der Waals surface area contributed by atoms with Crippen LogP contribution in [0.15, 0.2) is 12.2 Å². The van der Waals surface area contributed by atoms with Crippen molar-refractivity contribution in [3.05, 3.63) is 12.2 Å². The molecule has 0 aromatic carbocycles. The Balaban J connectivity index is 1.49. The van der Waals surface area contributed by atoms with Gasteiger partial charge in [0, 0.05) is 0 Å². The molecule has 30 heavy (non-hydrogen) atoms. The van der Waals surface area contributed by atoms with E-state index in [0.29, 0.717) is 16.7 Å². The van der Waals surface area contributed by atoms with E-state index in [4.69, 9.17) is 0 Å². The Morgan fingerprint density at radius 2 is 1.70 bits per heavy atom. The smallest absolute Gasteiger partial charge is 0.0577 e. The second-order valence-electron chi connectivity index (χ2n) is 12.9. The summed E-state index contributed by atoms with van der Waals surface area (Å²) in [5.41, 5.74) is 2.42. The third-order valence-corrected chi connectivity index (χ3v) is 11.3. The number of aliphatic hydroxyl groups excluding tert-OH is 1. The maximum absolute atomic E-state index is 11.5. The van der Waals surface area contributed by atoms with Crippen LogP contribution in [0.1, 0.15) is 112 Å². The van der Waals surface area contributed by atoms with Gasteiger partial charge in [-0.25, -0.2) is 0 Å². The Labute approximate surface area is 187 Å². The third-order valence-electron chi connectivity index (χ3n) is 11.3. The van der Waals surface area contributed by atoms with Crippen LogP contribution in [0, 0.1) is 52.3 Å². The predicted octanol–water partition coefficient (Wildman–Crippen LogP) is 8.02. The quantitative estimate of drug-likeness (QED) is 0.436. The predicted molar refractivity (Wildman–Crippen MR) is 128 cm³/mol. The normalized spacial score (nSPS) is 49.1. The largest absolute Gasteiger partial charge is 0.393 e. The number of rotatable bonds is 6. The molecule has 4 aliphatic carbocycles.